The third kappa shape index (κ3) is 2.93. The minimum absolute atomic E-state index is 0.311. The summed E-state index contributed by atoms with van der Waals surface area (Å²) in [4.78, 5) is 0. The first kappa shape index (κ1) is 13.6. The van der Waals surface area contributed by atoms with Gasteiger partial charge in [-0.25, -0.2) is 0 Å². The second-order valence-corrected chi connectivity index (χ2v) is 5.29. The molecule has 2 rings (SSSR count). The van der Waals surface area contributed by atoms with Gasteiger partial charge in [0.1, 0.15) is 0 Å². The van der Waals surface area contributed by atoms with Gasteiger partial charge in [0.05, 0.1) is 6.10 Å². The molecule has 2 nitrogen and oxygen atoms in total. The molecule has 2 heteroatoms. The lowest BCUT2D eigenvalue weighted by atomic mass is 9.87. The lowest BCUT2D eigenvalue weighted by molar-refractivity contribution is 0.0921. The van der Waals surface area contributed by atoms with Crippen LogP contribution in [0.1, 0.15) is 49.5 Å². The number of rotatable bonds is 4. The fraction of sp³-hybridized carbons (Fsp3) is 0.625. The third-order valence-electron chi connectivity index (χ3n) is 4.12. The molecule has 0 saturated carbocycles. The van der Waals surface area contributed by atoms with Crippen LogP contribution in [0.3, 0.4) is 0 Å². The Morgan fingerprint density at radius 2 is 2.06 bits per heavy atom. The van der Waals surface area contributed by atoms with Gasteiger partial charge in [-0.3, -0.25) is 0 Å². The fourth-order valence-electron chi connectivity index (χ4n) is 2.92. The number of piperidine rings is 1. The van der Waals surface area contributed by atoms with Crippen LogP contribution in [0, 0.1) is 5.92 Å². The van der Waals surface area contributed by atoms with Crippen molar-refractivity contribution >= 4 is 0 Å². The van der Waals surface area contributed by atoms with Crippen molar-refractivity contribution in [2.75, 3.05) is 13.1 Å². The van der Waals surface area contributed by atoms with Crippen molar-refractivity contribution in [2.24, 2.45) is 5.92 Å². The minimum atomic E-state index is -0.311. The Labute approximate surface area is 110 Å². The van der Waals surface area contributed by atoms with Gasteiger partial charge in [-0.15, -0.1) is 0 Å². The van der Waals surface area contributed by atoms with Crippen molar-refractivity contribution < 1.29 is 5.11 Å². The number of nitrogens with one attached hydrogen (secondary N) is 1. The number of aliphatic hydroxyl groups excluding tert-OH is 1. The lowest BCUT2D eigenvalue weighted by Gasteiger charge is -2.28. The summed E-state index contributed by atoms with van der Waals surface area (Å²) in [5.74, 6) is 0.371. The summed E-state index contributed by atoms with van der Waals surface area (Å²) < 4.78 is 0. The smallest absolute Gasteiger partial charge is 0.0830 e. The number of hydrogen-bond donors (Lipinski definition) is 2. The van der Waals surface area contributed by atoms with Gasteiger partial charge in [-0.1, -0.05) is 32.0 Å². The molecule has 0 bridgehead atoms. The Balaban J connectivity index is 2.16. The van der Waals surface area contributed by atoms with Crippen LogP contribution < -0.4 is 5.32 Å². The molecular weight excluding hydrogens is 222 g/mol. The van der Waals surface area contributed by atoms with E-state index in [2.05, 4.69) is 37.4 Å². The van der Waals surface area contributed by atoms with E-state index in [0.29, 0.717) is 5.92 Å². The molecule has 1 aromatic carbocycles. The maximum absolute atomic E-state index is 10.5. The summed E-state index contributed by atoms with van der Waals surface area (Å²) >= 11 is 0. The first-order valence-corrected chi connectivity index (χ1v) is 7.26. The molecule has 1 saturated heterocycles. The van der Waals surface area contributed by atoms with Crippen LogP contribution in [0.15, 0.2) is 18.2 Å². The second-order valence-electron chi connectivity index (χ2n) is 5.29. The van der Waals surface area contributed by atoms with Gasteiger partial charge in [0.15, 0.2) is 0 Å². The number of hydrogen-bond acceptors (Lipinski definition) is 2. The van der Waals surface area contributed by atoms with Gasteiger partial charge in [0, 0.05) is 12.5 Å². The van der Waals surface area contributed by atoms with E-state index in [4.69, 9.17) is 0 Å². The average Bonchev–Trinajstić information content (AvgIpc) is 2.46. The molecular formula is C16H25NO. The Morgan fingerprint density at radius 1 is 1.28 bits per heavy atom. The Kier molecular flexibility index (Phi) is 4.79. The molecule has 1 aliphatic rings. The maximum atomic E-state index is 10.5. The topological polar surface area (TPSA) is 32.3 Å². The molecule has 100 valence electrons. The van der Waals surface area contributed by atoms with Crippen molar-refractivity contribution in [1.29, 1.82) is 0 Å². The molecule has 1 aliphatic heterocycles. The van der Waals surface area contributed by atoms with E-state index >= 15 is 0 Å². The summed E-state index contributed by atoms with van der Waals surface area (Å²) in [5.41, 5.74) is 3.89. The largest absolute Gasteiger partial charge is 0.388 e. The normalized spacial score (nSPS) is 21.8. The summed E-state index contributed by atoms with van der Waals surface area (Å²) in [6.07, 6.45) is 4.12. The van der Waals surface area contributed by atoms with Crippen LogP contribution >= 0.6 is 0 Å². The maximum Gasteiger partial charge on any atom is 0.0830 e. The molecule has 1 aromatic rings. The van der Waals surface area contributed by atoms with Gasteiger partial charge < -0.3 is 10.4 Å². The fourth-order valence-corrected chi connectivity index (χ4v) is 2.92. The monoisotopic (exact) mass is 247 g/mol. The number of benzene rings is 1. The van der Waals surface area contributed by atoms with Gasteiger partial charge in [0.25, 0.3) is 0 Å². The van der Waals surface area contributed by atoms with Gasteiger partial charge in [0.2, 0.25) is 0 Å². The summed E-state index contributed by atoms with van der Waals surface area (Å²) in [7, 11) is 0. The van der Waals surface area contributed by atoms with E-state index in [1.54, 1.807) is 0 Å². The van der Waals surface area contributed by atoms with E-state index in [1.807, 2.05) is 0 Å². The second kappa shape index (κ2) is 6.35. The number of aliphatic hydroxyl groups is 1. The highest BCUT2D eigenvalue weighted by Gasteiger charge is 2.23. The van der Waals surface area contributed by atoms with E-state index in [9.17, 15) is 5.11 Å². The number of aryl methyl sites for hydroxylation is 2. The molecule has 2 atom stereocenters. The van der Waals surface area contributed by atoms with Gasteiger partial charge in [-0.2, -0.15) is 0 Å². The van der Waals surface area contributed by atoms with Crippen molar-refractivity contribution in [3.63, 3.8) is 0 Å². The Hall–Kier alpha value is -0.860. The SMILES string of the molecule is CCc1ccc(C(O)C2CCCNC2)cc1CC. The molecule has 1 fully saturated rings. The molecule has 0 radical (unpaired) electrons. The van der Waals surface area contributed by atoms with Crippen LogP contribution in [-0.4, -0.2) is 18.2 Å². The minimum Gasteiger partial charge on any atom is -0.388 e. The van der Waals surface area contributed by atoms with Crippen LogP contribution in [0.5, 0.6) is 0 Å². The Bertz CT molecular complexity index is 383. The molecule has 0 aliphatic carbocycles. The molecule has 1 heterocycles. The standard InChI is InChI=1S/C16H25NO/c1-3-12-7-8-14(10-13(12)4-2)16(18)15-6-5-9-17-11-15/h7-8,10,15-18H,3-6,9,11H2,1-2H3. The molecule has 2 unspecified atom stereocenters. The zero-order chi connectivity index (χ0) is 13.0. The van der Waals surface area contributed by atoms with E-state index < -0.39 is 0 Å². The van der Waals surface area contributed by atoms with Gasteiger partial charge >= 0.3 is 0 Å². The van der Waals surface area contributed by atoms with Gasteiger partial charge in [-0.05, 0) is 48.9 Å². The quantitative estimate of drug-likeness (QED) is 0.857. The zero-order valence-corrected chi connectivity index (χ0v) is 11.6. The summed E-state index contributed by atoms with van der Waals surface area (Å²) in [6.45, 7) is 6.42. The van der Waals surface area contributed by atoms with E-state index in [1.165, 1.54) is 17.5 Å². The summed E-state index contributed by atoms with van der Waals surface area (Å²) in [6, 6.07) is 6.50. The van der Waals surface area contributed by atoms with Crippen molar-refractivity contribution in [1.82, 2.24) is 5.32 Å². The highest BCUT2D eigenvalue weighted by atomic mass is 16.3. The molecule has 0 aromatic heterocycles. The Morgan fingerprint density at radius 3 is 2.67 bits per heavy atom. The molecule has 18 heavy (non-hydrogen) atoms. The van der Waals surface area contributed by atoms with Crippen molar-refractivity contribution in [3.8, 4) is 0 Å². The molecule has 0 spiro atoms. The van der Waals surface area contributed by atoms with E-state index in [0.717, 1.165) is 37.9 Å². The first-order chi connectivity index (χ1) is 8.76. The predicted molar refractivity (Wildman–Crippen MR) is 75.8 cm³/mol. The van der Waals surface area contributed by atoms with Crippen LogP contribution in [-0.2, 0) is 12.8 Å². The molecule has 0 amide bonds. The van der Waals surface area contributed by atoms with Crippen molar-refractivity contribution in [3.05, 3.63) is 34.9 Å². The average molecular weight is 247 g/mol. The zero-order valence-electron chi connectivity index (χ0n) is 11.6. The van der Waals surface area contributed by atoms with Crippen LogP contribution in [0.25, 0.3) is 0 Å². The van der Waals surface area contributed by atoms with Crippen LogP contribution in [0.4, 0.5) is 0 Å². The highest BCUT2D eigenvalue weighted by Crippen LogP contribution is 2.28. The first-order valence-electron chi connectivity index (χ1n) is 7.26. The summed E-state index contributed by atoms with van der Waals surface area (Å²) in [5, 5.41) is 13.9. The van der Waals surface area contributed by atoms with E-state index in [-0.39, 0.29) is 6.10 Å². The molecule has 2 N–H and O–H groups in total. The van der Waals surface area contributed by atoms with Crippen molar-refractivity contribution in [2.45, 2.75) is 45.6 Å². The lowest BCUT2D eigenvalue weighted by Crippen LogP contribution is -2.33. The highest BCUT2D eigenvalue weighted by molar-refractivity contribution is 5.33. The third-order valence-corrected chi connectivity index (χ3v) is 4.12. The predicted octanol–water partition coefficient (Wildman–Crippen LogP) is 2.84. The van der Waals surface area contributed by atoms with Crippen LogP contribution in [0.2, 0.25) is 0 Å².